The number of nitrogens with two attached hydrogens (primary N) is 1. The Balaban J connectivity index is 1.72. The minimum Gasteiger partial charge on any atom is -0.439 e. The van der Waals surface area contributed by atoms with Gasteiger partial charge in [-0.2, -0.15) is 4.98 Å². The lowest BCUT2D eigenvalue weighted by Gasteiger charge is -2.10. The highest BCUT2D eigenvalue weighted by molar-refractivity contribution is 5.35. The second kappa shape index (κ2) is 5.26. The lowest BCUT2D eigenvalue weighted by Crippen LogP contribution is -1.97. The lowest BCUT2D eigenvalue weighted by molar-refractivity contribution is -0.0441. The molecule has 1 fully saturated rings. The first-order valence-electron chi connectivity index (χ1n) is 6.05. The standard InChI is InChI=1S/C14H14N2O3/c15-12-2-1-3-13(16-12)19-11-6-4-10(5-7-11)14-17-8-9-18-14/h1-7,14H,8-9H2,(H2,15,16). The minimum absolute atomic E-state index is 0.264. The van der Waals surface area contributed by atoms with Gasteiger partial charge in [0.05, 0.1) is 13.2 Å². The van der Waals surface area contributed by atoms with Gasteiger partial charge in [-0.25, -0.2) is 0 Å². The monoisotopic (exact) mass is 258 g/mol. The van der Waals surface area contributed by atoms with Gasteiger partial charge in [0, 0.05) is 11.6 Å². The summed E-state index contributed by atoms with van der Waals surface area (Å²) >= 11 is 0. The van der Waals surface area contributed by atoms with Crippen LogP contribution < -0.4 is 10.5 Å². The summed E-state index contributed by atoms with van der Waals surface area (Å²) < 4.78 is 16.4. The summed E-state index contributed by atoms with van der Waals surface area (Å²) in [6.45, 7) is 1.27. The van der Waals surface area contributed by atoms with Gasteiger partial charge in [-0.1, -0.05) is 18.2 Å². The van der Waals surface area contributed by atoms with Gasteiger partial charge in [0.15, 0.2) is 6.29 Å². The van der Waals surface area contributed by atoms with Crippen molar-refractivity contribution in [3.63, 3.8) is 0 Å². The molecule has 0 atom stereocenters. The average molecular weight is 258 g/mol. The summed E-state index contributed by atoms with van der Waals surface area (Å²) in [6, 6.07) is 12.8. The van der Waals surface area contributed by atoms with Crippen LogP contribution in [0.5, 0.6) is 11.6 Å². The van der Waals surface area contributed by atoms with Crippen molar-refractivity contribution < 1.29 is 14.2 Å². The Kier molecular flexibility index (Phi) is 3.31. The van der Waals surface area contributed by atoms with E-state index in [1.807, 2.05) is 24.3 Å². The van der Waals surface area contributed by atoms with Crippen LogP contribution in [-0.4, -0.2) is 18.2 Å². The molecule has 1 aliphatic heterocycles. The number of ether oxygens (including phenoxy) is 3. The van der Waals surface area contributed by atoms with Crippen molar-refractivity contribution in [1.29, 1.82) is 0 Å². The number of nitrogen functional groups attached to an aromatic ring is 1. The second-order valence-corrected chi connectivity index (χ2v) is 4.15. The van der Waals surface area contributed by atoms with Gasteiger partial charge in [-0.15, -0.1) is 0 Å². The smallest absolute Gasteiger partial charge is 0.221 e. The molecule has 98 valence electrons. The SMILES string of the molecule is Nc1cccc(Oc2ccc(C3OCCO3)cc2)n1. The molecule has 0 unspecified atom stereocenters. The van der Waals surface area contributed by atoms with Crippen molar-refractivity contribution in [2.24, 2.45) is 0 Å². The third-order valence-electron chi connectivity index (χ3n) is 2.74. The summed E-state index contributed by atoms with van der Waals surface area (Å²) in [7, 11) is 0. The zero-order chi connectivity index (χ0) is 13.1. The van der Waals surface area contributed by atoms with Gasteiger partial charge in [0.2, 0.25) is 5.88 Å². The minimum atomic E-state index is -0.264. The van der Waals surface area contributed by atoms with Gasteiger partial charge < -0.3 is 19.9 Å². The second-order valence-electron chi connectivity index (χ2n) is 4.15. The molecular weight excluding hydrogens is 244 g/mol. The van der Waals surface area contributed by atoms with E-state index < -0.39 is 0 Å². The molecule has 2 N–H and O–H groups in total. The quantitative estimate of drug-likeness (QED) is 0.916. The summed E-state index contributed by atoms with van der Waals surface area (Å²) in [5, 5.41) is 0. The van der Waals surface area contributed by atoms with Crippen LogP contribution in [0.1, 0.15) is 11.9 Å². The Morgan fingerprint density at radius 1 is 1.05 bits per heavy atom. The Labute approximate surface area is 110 Å². The van der Waals surface area contributed by atoms with E-state index in [2.05, 4.69) is 4.98 Å². The number of pyridine rings is 1. The van der Waals surface area contributed by atoms with E-state index in [0.717, 1.165) is 5.56 Å². The number of hydrogen-bond donors (Lipinski definition) is 1. The molecule has 1 aromatic carbocycles. The maximum absolute atomic E-state index is 5.60. The van der Waals surface area contributed by atoms with E-state index in [1.54, 1.807) is 18.2 Å². The van der Waals surface area contributed by atoms with Crippen molar-refractivity contribution in [3.05, 3.63) is 48.0 Å². The molecule has 2 heterocycles. The number of benzene rings is 1. The van der Waals surface area contributed by atoms with Gasteiger partial charge in [0.1, 0.15) is 11.6 Å². The molecule has 0 saturated carbocycles. The Morgan fingerprint density at radius 2 is 1.79 bits per heavy atom. The van der Waals surface area contributed by atoms with E-state index in [0.29, 0.717) is 30.7 Å². The van der Waals surface area contributed by atoms with E-state index in [-0.39, 0.29) is 6.29 Å². The molecule has 0 radical (unpaired) electrons. The molecule has 0 spiro atoms. The topological polar surface area (TPSA) is 66.6 Å². The molecular formula is C14H14N2O3. The third-order valence-corrected chi connectivity index (χ3v) is 2.74. The van der Waals surface area contributed by atoms with Crippen LogP contribution in [0.15, 0.2) is 42.5 Å². The number of hydrogen-bond acceptors (Lipinski definition) is 5. The zero-order valence-electron chi connectivity index (χ0n) is 10.3. The van der Waals surface area contributed by atoms with Crippen LogP contribution in [0.4, 0.5) is 5.82 Å². The Bertz CT molecular complexity index is 551. The summed E-state index contributed by atoms with van der Waals surface area (Å²) in [4.78, 5) is 4.07. The number of nitrogens with zero attached hydrogens (tertiary/aromatic N) is 1. The molecule has 1 saturated heterocycles. The lowest BCUT2D eigenvalue weighted by atomic mass is 10.2. The van der Waals surface area contributed by atoms with Crippen molar-refractivity contribution in [2.75, 3.05) is 18.9 Å². The Hall–Kier alpha value is -2.11. The largest absolute Gasteiger partial charge is 0.439 e. The van der Waals surface area contributed by atoms with E-state index >= 15 is 0 Å². The molecule has 0 aliphatic carbocycles. The molecule has 3 rings (SSSR count). The molecule has 0 amide bonds. The predicted molar refractivity (Wildman–Crippen MR) is 69.8 cm³/mol. The maximum atomic E-state index is 5.60. The molecule has 1 aromatic heterocycles. The normalized spacial score (nSPS) is 15.6. The van der Waals surface area contributed by atoms with Crippen molar-refractivity contribution in [3.8, 4) is 11.6 Å². The average Bonchev–Trinajstić information content (AvgIpc) is 2.94. The van der Waals surface area contributed by atoms with Crippen molar-refractivity contribution in [2.45, 2.75) is 6.29 Å². The molecule has 0 bridgehead atoms. The summed E-state index contributed by atoms with van der Waals surface area (Å²) in [5.41, 5.74) is 6.57. The van der Waals surface area contributed by atoms with Gasteiger partial charge in [-0.05, 0) is 18.2 Å². The van der Waals surface area contributed by atoms with Gasteiger partial charge in [0.25, 0.3) is 0 Å². The van der Waals surface area contributed by atoms with Crippen LogP contribution in [0.25, 0.3) is 0 Å². The summed E-state index contributed by atoms with van der Waals surface area (Å²) in [5.74, 6) is 1.60. The van der Waals surface area contributed by atoms with E-state index in [1.165, 1.54) is 0 Å². The van der Waals surface area contributed by atoms with E-state index in [4.69, 9.17) is 19.9 Å². The van der Waals surface area contributed by atoms with Crippen LogP contribution in [0.3, 0.4) is 0 Å². The first-order chi connectivity index (χ1) is 9.31. The molecule has 2 aromatic rings. The summed E-state index contributed by atoms with van der Waals surface area (Å²) in [6.07, 6.45) is -0.264. The van der Waals surface area contributed by atoms with Crippen LogP contribution >= 0.6 is 0 Å². The zero-order valence-corrected chi connectivity index (χ0v) is 10.3. The molecule has 5 heteroatoms. The van der Waals surface area contributed by atoms with Crippen LogP contribution in [-0.2, 0) is 9.47 Å². The van der Waals surface area contributed by atoms with Crippen molar-refractivity contribution in [1.82, 2.24) is 4.98 Å². The molecule has 19 heavy (non-hydrogen) atoms. The highest BCUT2D eigenvalue weighted by Gasteiger charge is 2.17. The fourth-order valence-corrected chi connectivity index (χ4v) is 1.85. The Morgan fingerprint density at radius 3 is 2.47 bits per heavy atom. The predicted octanol–water partition coefficient (Wildman–Crippen LogP) is 2.50. The molecule has 5 nitrogen and oxygen atoms in total. The van der Waals surface area contributed by atoms with Gasteiger partial charge in [-0.3, -0.25) is 0 Å². The number of aromatic nitrogens is 1. The first-order valence-corrected chi connectivity index (χ1v) is 6.05. The molecule has 1 aliphatic rings. The third kappa shape index (κ3) is 2.83. The van der Waals surface area contributed by atoms with Gasteiger partial charge >= 0.3 is 0 Å². The number of rotatable bonds is 3. The fourth-order valence-electron chi connectivity index (χ4n) is 1.85. The highest BCUT2D eigenvalue weighted by atomic mass is 16.7. The van der Waals surface area contributed by atoms with Crippen LogP contribution in [0, 0.1) is 0 Å². The van der Waals surface area contributed by atoms with Crippen LogP contribution in [0.2, 0.25) is 0 Å². The maximum Gasteiger partial charge on any atom is 0.221 e. The fraction of sp³-hybridized carbons (Fsp3) is 0.214. The number of anilines is 1. The van der Waals surface area contributed by atoms with E-state index in [9.17, 15) is 0 Å². The van der Waals surface area contributed by atoms with Crippen molar-refractivity contribution >= 4 is 5.82 Å². The highest BCUT2D eigenvalue weighted by Crippen LogP contribution is 2.26. The first kappa shape index (κ1) is 12.0.